The van der Waals surface area contributed by atoms with Crippen molar-refractivity contribution in [1.29, 1.82) is 0 Å². The normalized spacial score (nSPS) is 9.85. The second-order valence-corrected chi connectivity index (χ2v) is 4.44. The molecule has 0 amide bonds. The number of aromatic hydroxyl groups is 1. The predicted molar refractivity (Wildman–Crippen MR) is 82.0 cm³/mol. The fraction of sp³-hybridized carbons (Fsp3) is 0.143. The van der Waals surface area contributed by atoms with Gasteiger partial charge in [0.2, 0.25) is 0 Å². The average molecular weight is 289 g/mol. The lowest BCUT2D eigenvalue weighted by atomic mass is 10.2. The van der Waals surface area contributed by atoms with E-state index < -0.39 is 0 Å². The summed E-state index contributed by atoms with van der Waals surface area (Å²) in [7, 11) is 1.63. The van der Waals surface area contributed by atoms with Crippen LogP contribution in [-0.4, -0.2) is 22.3 Å². The number of methoxy groups -OCH3 is 1. The number of pyridine rings is 1. The highest BCUT2D eigenvalue weighted by Crippen LogP contribution is 2.18. The lowest BCUT2D eigenvalue weighted by Crippen LogP contribution is -2.28. The standard InChI is InChI=1S/C14H15N3O2S/c1-19-11-6-4-10(5-7-11)9-16-14(20)17-13-12(18)3-2-8-15-13/h2-8,18H,9H2,1H3,(H2,15,16,17,20). The van der Waals surface area contributed by atoms with E-state index in [1.807, 2.05) is 24.3 Å². The number of benzene rings is 1. The largest absolute Gasteiger partial charge is 0.504 e. The van der Waals surface area contributed by atoms with Gasteiger partial charge >= 0.3 is 0 Å². The van der Waals surface area contributed by atoms with Gasteiger partial charge in [0.05, 0.1) is 7.11 Å². The van der Waals surface area contributed by atoms with Gasteiger partial charge in [0.15, 0.2) is 16.7 Å². The Morgan fingerprint density at radius 2 is 2.05 bits per heavy atom. The van der Waals surface area contributed by atoms with Crippen molar-refractivity contribution in [2.75, 3.05) is 12.4 Å². The molecule has 0 spiro atoms. The fourth-order valence-corrected chi connectivity index (χ4v) is 1.74. The summed E-state index contributed by atoms with van der Waals surface area (Å²) >= 11 is 5.15. The summed E-state index contributed by atoms with van der Waals surface area (Å²) in [4.78, 5) is 3.99. The molecule has 5 nitrogen and oxygen atoms in total. The molecule has 0 radical (unpaired) electrons. The third kappa shape index (κ3) is 3.83. The van der Waals surface area contributed by atoms with Crippen molar-refractivity contribution < 1.29 is 9.84 Å². The van der Waals surface area contributed by atoms with Gasteiger partial charge in [-0.2, -0.15) is 0 Å². The van der Waals surface area contributed by atoms with Gasteiger partial charge in [-0.05, 0) is 42.0 Å². The van der Waals surface area contributed by atoms with E-state index in [9.17, 15) is 5.11 Å². The molecule has 104 valence electrons. The molecule has 0 unspecified atom stereocenters. The number of ether oxygens (including phenoxy) is 1. The Labute approximate surface area is 122 Å². The van der Waals surface area contributed by atoms with Crippen LogP contribution < -0.4 is 15.4 Å². The van der Waals surface area contributed by atoms with Crippen molar-refractivity contribution >= 4 is 23.1 Å². The van der Waals surface area contributed by atoms with Crippen molar-refractivity contribution in [3.8, 4) is 11.5 Å². The minimum atomic E-state index is 0.0566. The number of nitrogens with one attached hydrogen (secondary N) is 2. The van der Waals surface area contributed by atoms with Gasteiger partial charge in [-0.3, -0.25) is 0 Å². The molecule has 0 bridgehead atoms. The minimum absolute atomic E-state index is 0.0566. The first kappa shape index (κ1) is 14.1. The van der Waals surface area contributed by atoms with Crippen molar-refractivity contribution in [3.63, 3.8) is 0 Å². The van der Waals surface area contributed by atoms with E-state index in [0.717, 1.165) is 11.3 Å². The number of hydrogen-bond donors (Lipinski definition) is 3. The number of anilines is 1. The van der Waals surface area contributed by atoms with Crippen molar-refractivity contribution in [2.24, 2.45) is 0 Å². The molecule has 3 N–H and O–H groups in total. The maximum atomic E-state index is 9.58. The average Bonchev–Trinajstić information content (AvgIpc) is 2.48. The molecule has 0 aliphatic carbocycles. The van der Waals surface area contributed by atoms with E-state index >= 15 is 0 Å². The Hall–Kier alpha value is -2.34. The summed E-state index contributed by atoms with van der Waals surface area (Å²) in [5.74, 6) is 1.20. The quantitative estimate of drug-likeness (QED) is 0.750. The van der Waals surface area contributed by atoms with Crippen molar-refractivity contribution in [2.45, 2.75) is 6.54 Å². The molecular weight excluding hydrogens is 274 g/mol. The Bertz CT molecular complexity index is 587. The zero-order chi connectivity index (χ0) is 14.4. The first-order valence-electron chi connectivity index (χ1n) is 6.01. The molecule has 1 aromatic carbocycles. The Balaban J connectivity index is 1.87. The number of nitrogens with zero attached hydrogens (tertiary/aromatic N) is 1. The highest BCUT2D eigenvalue weighted by atomic mass is 32.1. The maximum Gasteiger partial charge on any atom is 0.174 e. The van der Waals surface area contributed by atoms with Crippen LogP contribution in [0, 0.1) is 0 Å². The summed E-state index contributed by atoms with van der Waals surface area (Å²) in [6.45, 7) is 0.573. The van der Waals surface area contributed by atoms with Gasteiger partial charge in [-0.1, -0.05) is 12.1 Å². The van der Waals surface area contributed by atoms with Crippen LogP contribution >= 0.6 is 12.2 Å². The van der Waals surface area contributed by atoms with Gasteiger partial charge in [-0.25, -0.2) is 4.98 Å². The van der Waals surface area contributed by atoms with E-state index in [-0.39, 0.29) is 5.75 Å². The topological polar surface area (TPSA) is 66.4 Å². The lowest BCUT2D eigenvalue weighted by molar-refractivity contribution is 0.414. The summed E-state index contributed by atoms with van der Waals surface area (Å²) in [5.41, 5.74) is 1.07. The Kier molecular flexibility index (Phi) is 4.73. The maximum absolute atomic E-state index is 9.58. The van der Waals surface area contributed by atoms with Crippen LogP contribution in [0.25, 0.3) is 0 Å². The first-order chi connectivity index (χ1) is 9.69. The molecule has 0 saturated carbocycles. The highest BCUT2D eigenvalue weighted by molar-refractivity contribution is 7.80. The second kappa shape index (κ2) is 6.72. The Morgan fingerprint density at radius 3 is 2.70 bits per heavy atom. The second-order valence-electron chi connectivity index (χ2n) is 4.03. The first-order valence-corrected chi connectivity index (χ1v) is 6.41. The number of aromatic nitrogens is 1. The molecule has 0 saturated heterocycles. The number of thiocarbonyl (C=S) groups is 1. The number of hydrogen-bond acceptors (Lipinski definition) is 4. The molecule has 0 aliphatic rings. The van der Waals surface area contributed by atoms with Gasteiger partial charge in [0.25, 0.3) is 0 Å². The summed E-state index contributed by atoms with van der Waals surface area (Å²) in [6, 6.07) is 10.9. The van der Waals surface area contributed by atoms with E-state index in [2.05, 4.69) is 15.6 Å². The molecule has 2 aromatic rings. The van der Waals surface area contributed by atoms with Crippen LogP contribution in [0.2, 0.25) is 0 Å². The van der Waals surface area contributed by atoms with Gasteiger partial charge in [0.1, 0.15) is 5.75 Å². The summed E-state index contributed by atoms with van der Waals surface area (Å²) < 4.78 is 5.09. The fourth-order valence-electron chi connectivity index (χ4n) is 1.57. The zero-order valence-corrected chi connectivity index (χ0v) is 11.8. The molecule has 0 fully saturated rings. The third-order valence-corrected chi connectivity index (χ3v) is 2.88. The van der Waals surface area contributed by atoms with Crippen LogP contribution in [0.4, 0.5) is 5.82 Å². The van der Waals surface area contributed by atoms with E-state index in [1.165, 1.54) is 0 Å². The van der Waals surface area contributed by atoms with Crippen LogP contribution in [0.3, 0.4) is 0 Å². The van der Waals surface area contributed by atoms with Gasteiger partial charge in [-0.15, -0.1) is 0 Å². The van der Waals surface area contributed by atoms with E-state index in [0.29, 0.717) is 17.5 Å². The van der Waals surface area contributed by atoms with Crippen molar-refractivity contribution in [3.05, 3.63) is 48.2 Å². The van der Waals surface area contributed by atoms with Crippen LogP contribution in [0.15, 0.2) is 42.6 Å². The van der Waals surface area contributed by atoms with E-state index in [4.69, 9.17) is 17.0 Å². The monoisotopic (exact) mass is 289 g/mol. The molecule has 0 atom stereocenters. The number of rotatable bonds is 4. The van der Waals surface area contributed by atoms with Crippen LogP contribution in [-0.2, 0) is 6.54 Å². The molecule has 20 heavy (non-hydrogen) atoms. The third-order valence-electron chi connectivity index (χ3n) is 2.63. The lowest BCUT2D eigenvalue weighted by Gasteiger charge is -2.11. The SMILES string of the molecule is COc1ccc(CNC(=S)Nc2ncccc2O)cc1. The van der Waals surface area contributed by atoms with E-state index in [1.54, 1.807) is 25.4 Å². The highest BCUT2D eigenvalue weighted by Gasteiger charge is 2.03. The van der Waals surface area contributed by atoms with Crippen LogP contribution in [0.1, 0.15) is 5.56 Å². The Morgan fingerprint density at radius 1 is 1.30 bits per heavy atom. The minimum Gasteiger partial charge on any atom is -0.504 e. The summed E-state index contributed by atoms with van der Waals surface area (Å²) in [5, 5.41) is 15.9. The van der Waals surface area contributed by atoms with Gasteiger partial charge < -0.3 is 20.5 Å². The van der Waals surface area contributed by atoms with Crippen molar-refractivity contribution in [1.82, 2.24) is 10.3 Å². The zero-order valence-electron chi connectivity index (χ0n) is 11.0. The predicted octanol–water partition coefficient (Wildman–Crippen LogP) is 2.28. The molecule has 6 heteroatoms. The smallest absolute Gasteiger partial charge is 0.174 e. The molecule has 0 aliphatic heterocycles. The summed E-state index contributed by atoms with van der Waals surface area (Å²) in [6.07, 6.45) is 1.58. The van der Waals surface area contributed by atoms with Gasteiger partial charge in [0, 0.05) is 12.7 Å². The molecule has 2 rings (SSSR count). The van der Waals surface area contributed by atoms with Crippen LogP contribution in [0.5, 0.6) is 11.5 Å². The molecule has 1 aromatic heterocycles. The molecular formula is C14H15N3O2S. The molecule has 1 heterocycles.